The second-order valence-corrected chi connectivity index (χ2v) is 0. The number of rotatable bonds is 0. The second-order valence-electron chi connectivity index (χ2n) is 0. The minimum absolute atomic E-state index is 0. The van der Waals surface area contributed by atoms with Crippen molar-refractivity contribution >= 4 is 44.2 Å². The zero-order valence-corrected chi connectivity index (χ0v) is 7.12. The molecule has 0 aromatic carbocycles. The van der Waals surface area contributed by atoms with Crippen LogP contribution in [0.1, 0.15) is 0 Å². The summed E-state index contributed by atoms with van der Waals surface area (Å²) in [6.07, 6.45) is 0. The molecule has 0 amide bonds. The fraction of sp³-hybridized carbons (Fsp3) is 0. The molecule has 5 heavy (non-hydrogen) atoms. The van der Waals surface area contributed by atoms with E-state index >= 15 is 0 Å². The Labute approximate surface area is 52.7 Å². The van der Waals surface area contributed by atoms with Gasteiger partial charge >= 0.3 is 23.1 Å². The van der Waals surface area contributed by atoms with E-state index in [4.69, 9.17) is 0 Å². The van der Waals surface area contributed by atoms with Gasteiger partial charge in [-0.1, -0.05) is 0 Å². The van der Waals surface area contributed by atoms with Crippen molar-refractivity contribution in [3.05, 3.63) is 0 Å². The van der Waals surface area contributed by atoms with Crippen molar-refractivity contribution in [1.82, 2.24) is 0 Å². The van der Waals surface area contributed by atoms with E-state index in [0.717, 1.165) is 0 Å². The molecule has 0 radical (unpaired) electrons. The molecule has 0 heterocycles. The summed E-state index contributed by atoms with van der Waals surface area (Å²) in [4.78, 5) is 0. The zero-order chi connectivity index (χ0) is 4.00. The first-order valence-electron chi connectivity index (χ1n) is 0.535. The van der Waals surface area contributed by atoms with Crippen LogP contribution in [0.15, 0.2) is 0 Å². The monoisotopic (exact) mass is 122 g/mol. The molecular weight excluding hydrogens is 118 g/mol. The zero-order valence-electron chi connectivity index (χ0n) is 2.88. The van der Waals surface area contributed by atoms with Crippen LogP contribution in [0.25, 0.3) is 0 Å². The molecule has 0 saturated carbocycles. The Morgan fingerprint density at radius 2 is 0.800 bits per heavy atom. The van der Waals surface area contributed by atoms with Crippen LogP contribution in [0.2, 0.25) is 0 Å². The topological polar surface area (TPSA) is 0 Å². The maximum Gasteiger partial charge on any atom is 2.00 e. The molecule has 0 spiro atoms. The van der Waals surface area contributed by atoms with Gasteiger partial charge in [0.25, 0.3) is 0 Å². The summed E-state index contributed by atoms with van der Waals surface area (Å²) in [6, 6.07) is 0. The van der Waals surface area contributed by atoms with E-state index in [1.54, 1.807) is 0 Å². The molecule has 0 bridgehead atoms. The predicted molar refractivity (Wildman–Crippen MR) is 25.1 cm³/mol. The average molecular weight is 123 g/mol. The fourth-order valence-corrected chi connectivity index (χ4v) is 0. The third-order valence-electron chi connectivity index (χ3n) is 0. The van der Waals surface area contributed by atoms with E-state index in [0.29, 0.717) is 21.2 Å². The molecule has 0 nitrogen and oxygen atoms in total. The minimum atomic E-state index is 0. The maximum atomic E-state index is 9.53. The van der Waals surface area contributed by atoms with Gasteiger partial charge in [-0.15, -0.1) is 21.2 Å². The van der Waals surface area contributed by atoms with Crippen molar-refractivity contribution in [2.45, 2.75) is 0 Å². The van der Waals surface area contributed by atoms with Gasteiger partial charge in [0.2, 0.25) is 0 Å². The third-order valence-corrected chi connectivity index (χ3v) is 0. The Morgan fingerprint density at radius 1 is 0.800 bits per heavy atom. The molecular formula is H4F2MgSi2. The first-order valence-corrected chi connectivity index (χ1v) is 1.60. The van der Waals surface area contributed by atoms with Crippen LogP contribution in [-0.2, 0) is 0 Å². The normalized spacial score (nSPS) is 2.40. The van der Waals surface area contributed by atoms with Gasteiger partial charge in [0, 0.05) is 0 Å². The molecule has 0 N–H and O–H groups in total. The predicted octanol–water partition coefficient (Wildman–Crippen LogP) is -1.37. The summed E-state index contributed by atoms with van der Waals surface area (Å²) in [6.45, 7) is 0. The summed E-state index contributed by atoms with van der Waals surface area (Å²) in [5.41, 5.74) is 0. The summed E-state index contributed by atoms with van der Waals surface area (Å²) >= 11 is 0. The van der Waals surface area contributed by atoms with Gasteiger partial charge in [-0.25, -0.2) is 0 Å². The van der Waals surface area contributed by atoms with Crippen molar-refractivity contribution in [2.75, 3.05) is 0 Å². The summed E-state index contributed by atoms with van der Waals surface area (Å²) in [5, 5.41) is 0. The van der Waals surface area contributed by atoms with E-state index in [1.807, 2.05) is 0 Å². The van der Waals surface area contributed by atoms with E-state index in [1.165, 1.54) is 0 Å². The van der Waals surface area contributed by atoms with Gasteiger partial charge in [-0.2, -0.15) is 0 Å². The molecule has 0 atom stereocenters. The van der Waals surface area contributed by atoms with Crippen LogP contribution >= 0.6 is 0 Å². The van der Waals surface area contributed by atoms with Crippen molar-refractivity contribution < 1.29 is 8.22 Å². The van der Waals surface area contributed by atoms with Gasteiger partial charge < -0.3 is 8.22 Å². The molecule has 0 fully saturated rings. The SMILES string of the molecule is F[SiH2-].F[SiH2-].[Mg+2]. The van der Waals surface area contributed by atoms with Gasteiger partial charge in [-0.3, -0.25) is 0 Å². The van der Waals surface area contributed by atoms with Crippen LogP contribution in [-0.4, -0.2) is 44.2 Å². The molecule has 28 valence electrons. The van der Waals surface area contributed by atoms with Crippen LogP contribution in [0.5, 0.6) is 0 Å². The van der Waals surface area contributed by atoms with Crippen LogP contribution in [0.4, 0.5) is 8.22 Å². The van der Waals surface area contributed by atoms with E-state index in [-0.39, 0.29) is 23.1 Å². The summed E-state index contributed by atoms with van der Waals surface area (Å²) < 4.78 is 19.1. The van der Waals surface area contributed by atoms with Gasteiger partial charge in [0.05, 0.1) is 0 Å². The Morgan fingerprint density at radius 3 is 0.800 bits per heavy atom. The molecule has 0 aromatic heterocycles. The maximum absolute atomic E-state index is 9.53. The molecule has 0 aliphatic heterocycles. The smallest absolute Gasteiger partial charge is 0.527 e. The molecule has 0 aliphatic rings. The average Bonchev–Trinajstić information content (AvgIpc) is 1.50. The van der Waals surface area contributed by atoms with Crippen molar-refractivity contribution in [3.8, 4) is 0 Å². The van der Waals surface area contributed by atoms with E-state index in [2.05, 4.69) is 0 Å². The standard InChI is InChI=1S/2FH2Si.Mg/c2*1-2;/h2*2H2;/q2*-1;+2. The van der Waals surface area contributed by atoms with Crippen LogP contribution in [0.3, 0.4) is 0 Å². The number of hydrogen-bond donors (Lipinski definition) is 0. The summed E-state index contributed by atoms with van der Waals surface area (Å²) in [7, 11) is 0.722. The molecule has 0 rings (SSSR count). The molecule has 5 heteroatoms. The minimum Gasteiger partial charge on any atom is -0.527 e. The number of hydrogen-bond acceptors (Lipinski definition) is 0. The van der Waals surface area contributed by atoms with Gasteiger partial charge in [-0.05, 0) is 0 Å². The largest absolute Gasteiger partial charge is 2.00 e. The first-order chi connectivity index (χ1) is 2.00. The third kappa shape index (κ3) is 42.2. The Balaban J connectivity index is -0.0000000133. The van der Waals surface area contributed by atoms with Crippen LogP contribution in [0, 0.1) is 0 Å². The molecule has 0 aromatic rings. The Hall–Kier alpha value is 1.06. The second kappa shape index (κ2) is 74.2. The van der Waals surface area contributed by atoms with E-state index in [9.17, 15) is 8.22 Å². The fourth-order valence-electron chi connectivity index (χ4n) is 0. The van der Waals surface area contributed by atoms with Gasteiger partial charge in [0.1, 0.15) is 0 Å². The Kier molecular flexibility index (Phi) is 246. The molecule has 0 aliphatic carbocycles. The van der Waals surface area contributed by atoms with Crippen LogP contribution < -0.4 is 0 Å². The van der Waals surface area contributed by atoms with Crippen molar-refractivity contribution in [3.63, 3.8) is 0 Å². The first kappa shape index (κ1) is 16.6. The van der Waals surface area contributed by atoms with Crippen molar-refractivity contribution in [2.24, 2.45) is 0 Å². The Bertz CT molecular complexity index is 7.61. The summed E-state index contributed by atoms with van der Waals surface area (Å²) in [5.74, 6) is 0. The van der Waals surface area contributed by atoms with Gasteiger partial charge in [0.15, 0.2) is 0 Å². The molecule has 0 saturated heterocycles. The van der Waals surface area contributed by atoms with Crippen molar-refractivity contribution in [1.29, 1.82) is 0 Å². The quantitative estimate of drug-likeness (QED) is 0.275. The molecule has 0 unspecified atom stereocenters. The van der Waals surface area contributed by atoms with E-state index < -0.39 is 0 Å². The number of halogens is 2.